The quantitative estimate of drug-likeness (QED) is 0.861. The number of thiazole rings is 1. The van der Waals surface area contributed by atoms with E-state index in [1.807, 2.05) is 0 Å². The molecular weight excluding hydrogens is 295 g/mol. The molecule has 0 radical (unpaired) electrons. The minimum Gasteiger partial charge on any atom is -0.461 e. The smallest absolute Gasteiger partial charge is 0.367 e. The van der Waals surface area contributed by atoms with E-state index in [9.17, 15) is 14.0 Å². The van der Waals surface area contributed by atoms with Crippen LogP contribution in [0.4, 0.5) is 4.39 Å². The number of carbonyl (C=O) groups is 2. The molecule has 0 saturated heterocycles. The number of aromatic nitrogens is 1. The molecule has 1 aromatic carbocycles. The fourth-order valence-corrected chi connectivity index (χ4v) is 2.26. The fraction of sp³-hybridized carbons (Fsp3) is 0.214. The topological polar surface area (TPSA) is 68.3 Å². The van der Waals surface area contributed by atoms with Crippen LogP contribution in [0.2, 0.25) is 0 Å². The minimum absolute atomic E-state index is 0.0533. The average molecular weight is 308 g/mol. The molecule has 110 valence electrons. The van der Waals surface area contributed by atoms with E-state index in [1.165, 1.54) is 11.4 Å². The van der Waals surface area contributed by atoms with Crippen LogP contribution in [0, 0.1) is 5.82 Å². The lowest BCUT2D eigenvalue weighted by Gasteiger charge is -2.04. The number of ether oxygens (including phenoxy) is 1. The summed E-state index contributed by atoms with van der Waals surface area (Å²) >= 11 is 1.03. The zero-order valence-corrected chi connectivity index (χ0v) is 12.1. The van der Waals surface area contributed by atoms with Gasteiger partial charge in [0, 0.05) is 17.5 Å². The van der Waals surface area contributed by atoms with Crippen LogP contribution in [0.15, 0.2) is 29.6 Å². The largest absolute Gasteiger partial charge is 0.461 e. The molecule has 1 aromatic heterocycles. The van der Waals surface area contributed by atoms with Crippen LogP contribution in [-0.4, -0.2) is 23.5 Å². The summed E-state index contributed by atoms with van der Waals surface area (Å²) in [6.07, 6.45) is 0. The van der Waals surface area contributed by atoms with E-state index in [-0.39, 0.29) is 29.7 Å². The molecule has 21 heavy (non-hydrogen) atoms. The van der Waals surface area contributed by atoms with Crippen molar-refractivity contribution in [1.82, 2.24) is 10.3 Å². The van der Waals surface area contributed by atoms with E-state index in [0.717, 1.165) is 11.3 Å². The Kier molecular flexibility index (Phi) is 4.99. The van der Waals surface area contributed by atoms with Gasteiger partial charge in [-0.2, -0.15) is 0 Å². The lowest BCUT2D eigenvalue weighted by molar-refractivity contribution is 0.0526. The van der Waals surface area contributed by atoms with Gasteiger partial charge in [0.1, 0.15) is 11.5 Å². The summed E-state index contributed by atoms with van der Waals surface area (Å²) in [5.41, 5.74) is 0.492. The first kappa shape index (κ1) is 15.1. The van der Waals surface area contributed by atoms with E-state index >= 15 is 0 Å². The highest BCUT2D eigenvalue weighted by Crippen LogP contribution is 2.12. The molecule has 1 amide bonds. The second kappa shape index (κ2) is 6.94. The third-order valence-electron chi connectivity index (χ3n) is 2.58. The standard InChI is InChI=1S/C14H13FN2O3S/c1-2-20-14(19)13-17-11(8-21-13)12(18)16-7-9-5-3-4-6-10(9)15/h3-6,8H,2,7H2,1H3,(H,16,18). The molecule has 0 aliphatic carbocycles. The fourth-order valence-electron chi connectivity index (χ4n) is 1.57. The molecule has 1 heterocycles. The average Bonchev–Trinajstić information content (AvgIpc) is 2.96. The Morgan fingerprint density at radius 3 is 2.86 bits per heavy atom. The summed E-state index contributed by atoms with van der Waals surface area (Å²) < 4.78 is 18.2. The number of hydrogen-bond acceptors (Lipinski definition) is 5. The number of nitrogens with zero attached hydrogens (tertiary/aromatic N) is 1. The number of rotatable bonds is 5. The third-order valence-corrected chi connectivity index (χ3v) is 3.41. The Balaban J connectivity index is 1.98. The maximum atomic E-state index is 13.4. The van der Waals surface area contributed by atoms with Crippen LogP contribution in [0.3, 0.4) is 0 Å². The van der Waals surface area contributed by atoms with Crippen molar-refractivity contribution >= 4 is 23.2 Å². The molecule has 0 aliphatic rings. The number of esters is 1. The molecule has 0 atom stereocenters. The predicted octanol–water partition coefficient (Wildman–Crippen LogP) is 2.39. The van der Waals surface area contributed by atoms with Gasteiger partial charge in [0.05, 0.1) is 6.61 Å². The first-order valence-electron chi connectivity index (χ1n) is 6.26. The van der Waals surface area contributed by atoms with Crippen LogP contribution >= 0.6 is 11.3 Å². The van der Waals surface area contributed by atoms with Gasteiger partial charge in [-0.3, -0.25) is 4.79 Å². The lowest BCUT2D eigenvalue weighted by atomic mass is 10.2. The second-order valence-electron chi connectivity index (χ2n) is 4.03. The van der Waals surface area contributed by atoms with Gasteiger partial charge in [-0.15, -0.1) is 11.3 Å². The molecule has 0 bridgehead atoms. The van der Waals surface area contributed by atoms with Gasteiger partial charge in [-0.25, -0.2) is 14.2 Å². The molecule has 0 unspecified atom stereocenters. The van der Waals surface area contributed by atoms with Gasteiger partial charge in [-0.1, -0.05) is 18.2 Å². The molecule has 0 fully saturated rings. The van der Waals surface area contributed by atoms with Crippen molar-refractivity contribution in [2.45, 2.75) is 13.5 Å². The second-order valence-corrected chi connectivity index (χ2v) is 4.89. The van der Waals surface area contributed by atoms with E-state index < -0.39 is 11.9 Å². The molecule has 0 saturated carbocycles. The molecular formula is C14H13FN2O3S. The number of hydrogen-bond donors (Lipinski definition) is 1. The van der Waals surface area contributed by atoms with Crippen molar-refractivity contribution in [3.63, 3.8) is 0 Å². The van der Waals surface area contributed by atoms with Gasteiger partial charge in [-0.05, 0) is 13.0 Å². The maximum absolute atomic E-state index is 13.4. The van der Waals surface area contributed by atoms with Crippen molar-refractivity contribution in [1.29, 1.82) is 0 Å². The molecule has 1 N–H and O–H groups in total. The molecule has 2 aromatic rings. The van der Waals surface area contributed by atoms with Crippen LogP contribution in [-0.2, 0) is 11.3 Å². The van der Waals surface area contributed by atoms with E-state index in [0.29, 0.717) is 5.56 Å². The summed E-state index contributed by atoms with van der Waals surface area (Å²) in [5.74, 6) is -1.41. The number of amides is 1. The molecule has 2 rings (SSSR count). The maximum Gasteiger partial charge on any atom is 0.367 e. The third kappa shape index (κ3) is 3.85. The van der Waals surface area contributed by atoms with Gasteiger partial charge in [0.2, 0.25) is 5.01 Å². The number of nitrogens with one attached hydrogen (secondary N) is 1. The first-order chi connectivity index (χ1) is 10.1. The lowest BCUT2D eigenvalue weighted by Crippen LogP contribution is -2.23. The van der Waals surface area contributed by atoms with Gasteiger partial charge in [0.25, 0.3) is 5.91 Å². The number of halogens is 1. The number of benzene rings is 1. The number of carbonyl (C=O) groups excluding carboxylic acids is 2. The van der Waals surface area contributed by atoms with Crippen molar-refractivity contribution in [2.24, 2.45) is 0 Å². The monoisotopic (exact) mass is 308 g/mol. The van der Waals surface area contributed by atoms with Gasteiger partial charge >= 0.3 is 5.97 Å². The Hall–Kier alpha value is -2.28. The van der Waals surface area contributed by atoms with Crippen molar-refractivity contribution in [2.75, 3.05) is 6.61 Å². The van der Waals surface area contributed by atoms with Crippen LogP contribution in [0.5, 0.6) is 0 Å². The summed E-state index contributed by atoms with van der Waals surface area (Å²) in [4.78, 5) is 27.2. The summed E-state index contributed by atoms with van der Waals surface area (Å²) in [6, 6.07) is 6.17. The van der Waals surface area contributed by atoms with Crippen molar-refractivity contribution < 1.29 is 18.7 Å². The summed E-state index contributed by atoms with van der Waals surface area (Å²) in [6.45, 7) is 1.98. The summed E-state index contributed by atoms with van der Waals surface area (Å²) in [7, 11) is 0. The molecule has 5 nitrogen and oxygen atoms in total. The van der Waals surface area contributed by atoms with Gasteiger partial charge < -0.3 is 10.1 Å². The Morgan fingerprint density at radius 2 is 2.14 bits per heavy atom. The Labute approximate surface area is 124 Å². The molecule has 0 spiro atoms. The first-order valence-corrected chi connectivity index (χ1v) is 7.14. The van der Waals surface area contributed by atoms with Crippen LogP contribution in [0.1, 0.15) is 32.8 Å². The SMILES string of the molecule is CCOC(=O)c1nc(C(=O)NCc2ccccc2F)cs1. The highest BCUT2D eigenvalue weighted by atomic mass is 32.1. The Bertz CT molecular complexity index is 657. The van der Waals surface area contributed by atoms with Crippen molar-refractivity contribution in [3.8, 4) is 0 Å². The predicted molar refractivity (Wildman–Crippen MR) is 75.6 cm³/mol. The Morgan fingerprint density at radius 1 is 1.38 bits per heavy atom. The highest BCUT2D eigenvalue weighted by Gasteiger charge is 2.16. The van der Waals surface area contributed by atoms with Crippen molar-refractivity contribution in [3.05, 3.63) is 51.7 Å². The normalized spacial score (nSPS) is 10.2. The zero-order chi connectivity index (χ0) is 15.2. The van der Waals surface area contributed by atoms with E-state index in [2.05, 4.69) is 10.3 Å². The van der Waals surface area contributed by atoms with E-state index in [1.54, 1.807) is 25.1 Å². The molecule has 7 heteroatoms. The molecule has 0 aliphatic heterocycles. The zero-order valence-electron chi connectivity index (χ0n) is 11.3. The van der Waals surface area contributed by atoms with E-state index in [4.69, 9.17) is 4.74 Å². The highest BCUT2D eigenvalue weighted by molar-refractivity contribution is 7.11. The minimum atomic E-state index is -0.560. The van der Waals surface area contributed by atoms with Gasteiger partial charge in [0.15, 0.2) is 0 Å². The van der Waals surface area contributed by atoms with Crippen LogP contribution < -0.4 is 5.32 Å². The van der Waals surface area contributed by atoms with Crippen LogP contribution in [0.25, 0.3) is 0 Å². The summed E-state index contributed by atoms with van der Waals surface area (Å²) in [5, 5.41) is 4.13.